The Hall–Kier alpha value is -3.22. The number of amides is 1. The van der Waals surface area contributed by atoms with Crippen LogP contribution in [-0.2, 0) is 13.0 Å². The zero-order valence-electron chi connectivity index (χ0n) is 13.2. The first-order chi connectivity index (χ1) is 11.6. The molecule has 0 aliphatic heterocycles. The Morgan fingerprint density at radius 1 is 1.29 bits per heavy atom. The number of pyridine rings is 1. The van der Waals surface area contributed by atoms with Crippen molar-refractivity contribution in [3.05, 3.63) is 65.9 Å². The van der Waals surface area contributed by atoms with Crippen LogP contribution in [0.1, 0.15) is 33.5 Å². The van der Waals surface area contributed by atoms with Crippen LogP contribution >= 0.6 is 0 Å². The minimum atomic E-state index is -0.336. The molecule has 0 aliphatic carbocycles. The highest BCUT2D eigenvalue weighted by Gasteiger charge is 2.12. The van der Waals surface area contributed by atoms with Crippen molar-refractivity contribution in [1.29, 1.82) is 0 Å². The highest BCUT2D eigenvalue weighted by Crippen LogP contribution is 2.09. The molecule has 7 heteroatoms. The molecule has 0 saturated heterocycles. The first-order valence-corrected chi connectivity index (χ1v) is 7.56. The van der Waals surface area contributed by atoms with E-state index in [1.807, 2.05) is 18.2 Å². The van der Waals surface area contributed by atoms with Crippen LogP contribution in [0.3, 0.4) is 0 Å². The van der Waals surface area contributed by atoms with E-state index in [1.54, 1.807) is 23.1 Å². The van der Waals surface area contributed by atoms with Gasteiger partial charge in [-0.25, -0.2) is 0 Å². The van der Waals surface area contributed by atoms with Crippen molar-refractivity contribution < 1.29 is 9.59 Å². The molecule has 3 aromatic rings. The van der Waals surface area contributed by atoms with Gasteiger partial charge >= 0.3 is 0 Å². The van der Waals surface area contributed by atoms with Crippen molar-refractivity contribution in [2.24, 2.45) is 0 Å². The molecule has 0 unspecified atom stereocenters. The second-order valence-electron chi connectivity index (χ2n) is 5.35. The van der Waals surface area contributed by atoms with E-state index < -0.39 is 0 Å². The minimum Gasteiger partial charge on any atom is -0.356 e. The zero-order valence-corrected chi connectivity index (χ0v) is 13.2. The van der Waals surface area contributed by atoms with Crippen LogP contribution in [0.5, 0.6) is 0 Å². The third-order valence-electron chi connectivity index (χ3n) is 3.54. The summed E-state index contributed by atoms with van der Waals surface area (Å²) in [6.45, 7) is 2.12. The number of hydrogen-bond acceptors (Lipinski definition) is 4. The average Bonchev–Trinajstić information content (AvgIpc) is 3.23. The number of aromatic nitrogens is 4. The molecule has 1 amide bonds. The molecule has 122 valence electrons. The molecule has 0 aromatic carbocycles. The summed E-state index contributed by atoms with van der Waals surface area (Å²) in [6.07, 6.45) is 5.83. The van der Waals surface area contributed by atoms with E-state index in [0.717, 1.165) is 12.1 Å². The number of nitrogens with one attached hydrogen (secondary N) is 2. The number of carbonyl (C=O) groups excluding carboxylic acids is 2. The zero-order chi connectivity index (χ0) is 16.9. The van der Waals surface area contributed by atoms with Gasteiger partial charge in [0.05, 0.1) is 0 Å². The lowest BCUT2D eigenvalue weighted by molar-refractivity contribution is 0.101. The Labute approximate surface area is 138 Å². The van der Waals surface area contributed by atoms with Gasteiger partial charge in [-0.15, -0.1) is 0 Å². The van der Waals surface area contributed by atoms with Crippen LogP contribution in [0, 0.1) is 0 Å². The molecule has 3 heterocycles. The number of ketones is 1. The number of aromatic amines is 1. The first-order valence-electron chi connectivity index (χ1n) is 7.56. The number of Topliss-reactive ketones (excluding diaryl/α,β-unsaturated/α-hetero) is 1. The normalized spacial score (nSPS) is 10.5. The van der Waals surface area contributed by atoms with Crippen molar-refractivity contribution in [2.75, 3.05) is 5.32 Å². The van der Waals surface area contributed by atoms with Crippen molar-refractivity contribution in [2.45, 2.75) is 19.9 Å². The summed E-state index contributed by atoms with van der Waals surface area (Å²) in [5.41, 5.74) is 1.78. The van der Waals surface area contributed by atoms with E-state index in [2.05, 4.69) is 20.4 Å². The second kappa shape index (κ2) is 6.91. The van der Waals surface area contributed by atoms with E-state index in [1.165, 1.54) is 19.2 Å². The fourth-order valence-electron chi connectivity index (χ4n) is 2.24. The number of H-pyrrole nitrogens is 1. The molecule has 0 fully saturated rings. The predicted molar refractivity (Wildman–Crippen MR) is 88.9 cm³/mol. The number of anilines is 1. The number of carbonyl (C=O) groups is 2. The quantitative estimate of drug-likeness (QED) is 0.681. The molecule has 7 nitrogen and oxygen atoms in total. The Balaban J connectivity index is 1.59. The average molecular weight is 323 g/mol. The lowest BCUT2D eigenvalue weighted by Gasteiger charge is -2.02. The molecule has 3 aromatic heterocycles. The van der Waals surface area contributed by atoms with Gasteiger partial charge < -0.3 is 10.3 Å². The van der Waals surface area contributed by atoms with Crippen LogP contribution in [0.15, 0.2) is 48.9 Å². The molecule has 0 atom stereocenters. The van der Waals surface area contributed by atoms with Gasteiger partial charge in [0.1, 0.15) is 5.69 Å². The largest absolute Gasteiger partial charge is 0.356 e. The van der Waals surface area contributed by atoms with Gasteiger partial charge in [-0.2, -0.15) is 5.10 Å². The highest BCUT2D eigenvalue weighted by molar-refractivity contribution is 6.04. The second-order valence-corrected chi connectivity index (χ2v) is 5.35. The molecule has 24 heavy (non-hydrogen) atoms. The molecular formula is C17H17N5O2. The third-order valence-corrected chi connectivity index (χ3v) is 3.54. The molecule has 0 bridgehead atoms. The van der Waals surface area contributed by atoms with Gasteiger partial charge in [-0.05, 0) is 25.1 Å². The van der Waals surface area contributed by atoms with Gasteiger partial charge in [-0.1, -0.05) is 6.07 Å². The summed E-state index contributed by atoms with van der Waals surface area (Å²) < 4.78 is 1.75. The van der Waals surface area contributed by atoms with Crippen LogP contribution < -0.4 is 5.32 Å². The maximum Gasteiger partial charge on any atom is 0.273 e. The van der Waals surface area contributed by atoms with Crippen LogP contribution in [0.25, 0.3) is 0 Å². The van der Waals surface area contributed by atoms with Gasteiger partial charge in [0.2, 0.25) is 0 Å². The Bertz CT molecular complexity index is 851. The van der Waals surface area contributed by atoms with E-state index in [0.29, 0.717) is 23.6 Å². The maximum absolute atomic E-state index is 12.1. The standard InChI is InChI=1S/C17H17N5O2/c1-12(23)13-10-15(19-11-13)17(24)20-16-6-9-22(21-16)8-5-14-4-2-3-7-18-14/h2-4,6-7,9-11,19H,5,8H2,1H3,(H,20,21,24). The van der Waals surface area contributed by atoms with E-state index >= 15 is 0 Å². The topological polar surface area (TPSA) is 92.7 Å². The highest BCUT2D eigenvalue weighted by atomic mass is 16.2. The summed E-state index contributed by atoms with van der Waals surface area (Å²) in [5.74, 6) is 0.0292. The Kier molecular flexibility index (Phi) is 4.51. The Morgan fingerprint density at radius 2 is 2.17 bits per heavy atom. The summed E-state index contributed by atoms with van der Waals surface area (Å²) >= 11 is 0. The summed E-state index contributed by atoms with van der Waals surface area (Å²) in [7, 11) is 0. The third kappa shape index (κ3) is 3.75. The number of rotatable bonds is 6. The van der Waals surface area contributed by atoms with Gasteiger partial charge in [0.15, 0.2) is 11.6 Å². The molecule has 0 saturated carbocycles. The Morgan fingerprint density at radius 3 is 2.88 bits per heavy atom. The number of hydrogen-bond donors (Lipinski definition) is 2. The molecule has 3 rings (SSSR count). The number of nitrogens with zero attached hydrogens (tertiary/aromatic N) is 3. The summed E-state index contributed by atoms with van der Waals surface area (Å²) in [5, 5.41) is 7.01. The fourth-order valence-corrected chi connectivity index (χ4v) is 2.24. The maximum atomic E-state index is 12.1. The first kappa shape index (κ1) is 15.7. The smallest absolute Gasteiger partial charge is 0.273 e. The lowest BCUT2D eigenvalue weighted by Crippen LogP contribution is -2.13. The van der Waals surface area contributed by atoms with Crippen molar-refractivity contribution in [1.82, 2.24) is 19.7 Å². The fraction of sp³-hybridized carbons (Fsp3) is 0.176. The van der Waals surface area contributed by atoms with Crippen molar-refractivity contribution in [3.63, 3.8) is 0 Å². The van der Waals surface area contributed by atoms with Crippen molar-refractivity contribution >= 4 is 17.5 Å². The molecule has 0 radical (unpaired) electrons. The number of aryl methyl sites for hydroxylation is 2. The monoisotopic (exact) mass is 323 g/mol. The minimum absolute atomic E-state index is 0.0934. The summed E-state index contributed by atoms with van der Waals surface area (Å²) in [4.78, 5) is 30.4. The predicted octanol–water partition coefficient (Wildman–Crippen LogP) is 2.30. The molecular weight excluding hydrogens is 306 g/mol. The van der Waals surface area contributed by atoms with Gasteiger partial charge in [0, 0.05) is 48.9 Å². The van der Waals surface area contributed by atoms with Crippen LogP contribution in [0.4, 0.5) is 5.82 Å². The lowest BCUT2D eigenvalue weighted by atomic mass is 10.2. The molecule has 2 N–H and O–H groups in total. The van der Waals surface area contributed by atoms with Crippen molar-refractivity contribution in [3.8, 4) is 0 Å². The van der Waals surface area contributed by atoms with Crippen LogP contribution in [-0.4, -0.2) is 31.4 Å². The van der Waals surface area contributed by atoms with E-state index in [4.69, 9.17) is 0 Å². The van der Waals surface area contributed by atoms with Gasteiger partial charge in [0.25, 0.3) is 5.91 Å². The SMILES string of the molecule is CC(=O)c1c[nH]c(C(=O)Nc2ccn(CCc3ccccn3)n2)c1. The molecule has 0 spiro atoms. The van der Waals surface area contributed by atoms with E-state index in [9.17, 15) is 9.59 Å². The van der Waals surface area contributed by atoms with Gasteiger partial charge in [-0.3, -0.25) is 19.3 Å². The van der Waals surface area contributed by atoms with Crippen LogP contribution in [0.2, 0.25) is 0 Å². The molecule has 0 aliphatic rings. The van der Waals surface area contributed by atoms with E-state index in [-0.39, 0.29) is 11.7 Å². The summed E-state index contributed by atoms with van der Waals surface area (Å²) in [6, 6.07) is 9.04.